The number of hydrogen-bond acceptors (Lipinski definition) is 3. The molecule has 0 amide bonds. The molecule has 0 aliphatic heterocycles. The zero-order chi connectivity index (χ0) is 14.3. The van der Waals surface area contributed by atoms with Crippen molar-refractivity contribution in [1.29, 1.82) is 0 Å². The first-order valence-corrected chi connectivity index (χ1v) is 7.25. The minimum Gasteiger partial charge on any atom is -0.494 e. The molecule has 1 rings (SSSR count). The summed E-state index contributed by atoms with van der Waals surface area (Å²) in [6.45, 7) is 8.90. The highest BCUT2D eigenvalue weighted by Gasteiger charge is 2.17. The van der Waals surface area contributed by atoms with Crippen LogP contribution in [-0.2, 0) is 0 Å². The average Bonchev–Trinajstić information content (AvgIpc) is 2.40. The lowest BCUT2D eigenvalue weighted by Gasteiger charge is -2.29. The molecule has 0 heterocycles. The Morgan fingerprint density at radius 3 is 2.63 bits per heavy atom. The Hall–Kier alpha value is -1.06. The van der Waals surface area contributed by atoms with Gasteiger partial charge in [0, 0.05) is 19.1 Å². The zero-order valence-electron chi connectivity index (χ0n) is 12.7. The third-order valence-electron chi connectivity index (χ3n) is 3.61. The van der Waals surface area contributed by atoms with Crippen LogP contribution < -0.4 is 10.5 Å². The molecule has 2 N–H and O–H groups in total. The fourth-order valence-corrected chi connectivity index (χ4v) is 2.30. The number of ether oxygens (including phenoxy) is 1. The molecule has 0 radical (unpaired) electrons. The molecule has 0 saturated carbocycles. The number of hydrogen-bond donors (Lipinski definition) is 1. The molecule has 0 spiro atoms. The fourth-order valence-electron chi connectivity index (χ4n) is 2.30. The molecule has 2 unspecified atom stereocenters. The van der Waals surface area contributed by atoms with Gasteiger partial charge >= 0.3 is 0 Å². The second-order valence-electron chi connectivity index (χ2n) is 5.21. The van der Waals surface area contributed by atoms with E-state index in [1.54, 1.807) is 0 Å². The molecule has 3 nitrogen and oxygen atoms in total. The molecular weight excluding hydrogens is 236 g/mol. The normalized spacial score (nSPS) is 14.4. The molecule has 2 atom stereocenters. The van der Waals surface area contributed by atoms with Gasteiger partial charge in [-0.25, -0.2) is 0 Å². The van der Waals surface area contributed by atoms with Gasteiger partial charge < -0.3 is 10.5 Å². The van der Waals surface area contributed by atoms with Crippen LogP contribution in [0, 0.1) is 5.92 Å². The summed E-state index contributed by atoms with van der Waals surface area (Å²) in [5, 5.41) is 0. The van der Waals surface area contributed by atoms with Gasteiger partial charge in [0.15, 0.2) is 0 Å². The first-order chi connectivity index (χ1) is 9.12. The molecule has 0 fully saturated rings. The van der Waals surface area contributed by atoms with E-state index in [1.165, 1.54) is 12.0 Å². The van der Waals surface area contributed by atoms with Crippen LogP contribution in [0.4, 0.5) is 0 Å². The summed E-state index contributed by atoms with van der Waals surface area (Å²) in [5.41, 5.74) is 7.20. The fraction of sp³-hybridized carbons (Fsp3) is 0.625. The minimum atomic E-state index is 0.259. The zero-order valence-corrected chi connectivity index (χ0v) is 12.7. The van der Waals surface area contributed by atoms with E-state index in [1.807, 2.05) is 19.1 Å². The van der Waals surface area contributed by atoms with Gasteiger partial charge in [0.1, 0.15) is 5.75 Å². The molecule has 3 heteroatoms. The Labute approximate surface area is 117 Å². The van der Waals surface area contributed by atoms with Crippen molar-refractivity contribution in [2.75, 3.05) is 26.7 Å². The number of benzene rings is 1. The number of rotatable bonds is 8. The molecule has 0 aliphatic carbocycles. The standard InChI is InChI=1S/C16H28N2O/c1-5-13(3)12-18(4)16(11-17)14-8-7-9-15(10-14)19-6-2/h7-10,13,16H,5-6,11-12,17H2,1-4H3. The van der Waals surface area contributed by atoms with E-state index in [0.29, 0.717) is 19.1 Å². The quantitative estimate of drug-likeness (QED) is 0.784. The summed E-state index contributed by atoms with van der Waals surface area (Å²) >= 11 is 0. The minimum absolute atomic E-state index is 0.259. The lowest BCUT2D eigenvalue weighted by atomic mass is 10.0. The topological polar surface area (TPSA) is 38.5 Å². The van der Waals surface area contributed by atoms with Gasteiger partial charge in [0.05, 0.1) is 6.61 Å². The largest absolute Gasteiger partial charge is 0.494 e. The third kappa shape index (κ3) is 4.84. The van der Waals surface area contributed by atoms with Crippen LogP contribution in [0.5, 0.6) is 5.75 Å². The third-order valence-corrected chi connectivity index (χ3v) is 3.61. The van der Waals surface area contributed by atoms with E-state index in [9.17, 15) is 0 Å². The first-order valence-electron chi connectivity index (χ1n) is 7.25. The summed E-state index contributed by atoms with van der Waals surface area (Å²) in [4.78, 5) is 2.35. The van der Waals surface area contributed by atoms with Crippen molar-refractivity contribution in [3.05, 3.63) is 29.8 Å². The lowest BCUT2D eigenvalue weighted by Crippen LogP contribution is -2.33. The van der Waals surface area contributed by atoms with Crippen molar-refractivity contribution in [3.8, 4) is 5.75 Å². The molecule has 0 aliphatic rings. The lowest BCUT2D eigenvalue weighted by molar-refractivity contribution is 0.214. The van der Waals surface area contributed by atoms with E-state index in [0.717, 1.165) is 12.3 Å². The van der Waals surface area contributed by atoms with Crippen molar-refractivity contribution in [2.24, 2.45) is 11.7 Å². The van der Waals surface area contributed by atoms with Gasteiger partial charge in [-0.1, -0.05) is 32.4 Å². The van der Waals surface area contributed by atoms with Crippen molar-refractivity contribution in [3.63, 3.8) is 0 Å². The number of nitrogens with zero attached hydrogens (tertiary/aromatic N) is 1. The molecule has 19 heavy (non-hydrogen) atoms. The van der Waals surface area contributed by atoms with E-state index < -0.39 is 0 Å². The Morgan fingerprint density at radius 1 is 1.32 bits per heavy atom. The molecule has 108 valence electrons. The SMILES string of the molecule is CCOc1cccc(C(CN)N(C)CC(C)CC)c1. The van der Waals surface area contributed by atoms with E-state index in [-0.39, 0.29) is 6.04 Å². The van der Waals surface area contributed by atoms with E-state index in [2.05, 4.69) is 37.9 Å². The summed E-state index contributed by atoms with van der Waals surface area (Å²) < 4.78 is 5.56. The molecule has 1 aromatic rings. The Morgan fingerprint density at radius 2 is 2.05 bits per heavy atom. The maximum absolute atomic E-state index is 5.96. The van der Waals surface area contributed by atoms with Crippen LogP contribution >= 0.6 is 0 Å². The maximum Gasteiger partial charge on any atom is 0.119 e. The van der Waals surface area contributed by atoms with Gasteiger partial charge in [0.25, 0.3) is 0 Å². The Bertz CT molecular complexity index is 368. The Balaban J connectivity index is 2.80. The predicted molar refractivity (Wildman–Crippen MR) is 81.5 cm³/mol. The Kier molecular flexibility index (Phi) is 6.89. The number of nitrogens with two attached hydrogens (primary N) is 1. The van der Waals surface area contributed by atoms with Crippen LogP contribution in [0.3, 0.4) is 0 Å². The highest BCUT2D eigenvalue weighted by molar-refractivity contribution is 5.30. The van der Waals surface area contributed by atoms with Gasteiger partial charge in [-0.2, -0.15) is 0 Å². The average molecular weight is 264 g/mol. The summed E-state index contributed by atoms with van der Waals surface area (Å²) in [6, 6.07) is 8.53. The van der Waals surface area contributed by atoms with Crippen molar-refractivity contribution in [2.45, 2.75) is 33.2 Å². The summed E-state index contributed by atoms with van der Waals surface area (Å²) in [5.74, 6) is 1.62. The van der Waals surface area contributed by atoms with Crippen molar-refractivity contribution >= 4 is 0 Å². The number of likely N-dealkylation sites (N-methyl/N-ethyl adjacent to an activating group) is 1. The van der Waals surface area contributed by atoms with Crippen LogP contribution in [0.1, 0.15) is 38.8 Å². The van der Waals surface area contributed by atoms with E-state index >= 15 is 0 Å². The molecule has 0 bridgehead atoms. The molecular formula is C16H28N2O. The monoisotopic (exact) mass is 264 g/mol. The van der Waals surface area contributed by atoms with Crippen molar-refractivity contribution < 1.29 is 4.74 Å². The second kappa shape index (κ2) is 8.18. The second-order valence-corrected chi connectivity index (χ2v) is 5.21. The molecule has 0 saturated heterocycles. The molecule has 1 aromatic carbocycles. The maximum atomic E-state index is 5.96. The van der Waals surface area contributed by atoms with Gasteiger partial charge in [-0.15, -0.1) is 0 Å². The predicted octanol–water partition coefficient (Wildman–Crippen LogP) is 3.06. The summed E-state index contributed by atoms with van der Waals surface area (Å²) in [6.07, 6.45) is 1.20. The first kappa shape index (κ1) is 16.0. The van der Waals surface area contributed by atoms with E-state index in [4.69, 9.17) is 10.5 Å². The van der Waals surface area contributed by atoms with Crippen LogP contribution in [0.25, 0.3) is 0 Å². The van der Waals surface area contributed by atoms with Gasteiger partial charge in [-0.05, 0) is 37.6 Å². The van der Waals surface area contributed by atoms with Crippen LogP contribution in [0.2, 0.25) is 0 Å². The van der Waals surface area contributed by atoms with Gasteiger partial charge in [-0.3, -0.25) is 4.90 Å². The van der Waals surface area contributed by atoms with Crippen LogP contribution in [-0.4, -0.2) is 31.6 Å². The molecule has 0 aromatic heterocycles. The summed E-state index contributed by atoms with van der Waals surface area (Å²) in [7, 11) is 2.15. The highest BCUT2D eigenvalue weighted by atomic mass is 16.5. The highest BCUT2D eigenvalue weighted by Crippen LogP contribution is 2.23. The van der Waals surface area contributed by atoms with Gasteiger partial charge in [0.2, 0.25) is 0 Å². The van der Waals surface area contributed by atoms with Crippen LogP contribution in [0.15, 0.2) is 24.3 Å². The van der Waals surface area contributed by atoms with Crippen molar-refractivity contribution in [1.82, 2.24) is 4.90 Å². The smallest absolute Gasteiger partial charge is 0.119 e.